The van der Waals surface area contributed by atoms with Crippen LogP contribution in [0.3, 0.4) is 0 Å². The summed E-state index contributed by atoms with van der Waals surface area (Å²) in [6.07, 6.45) is 3.55. The number of carboxylic acid groups (broad SMARTS) is 1. The Morgan fingerprint density at radius 2 is 2.20 bits per heavy atom. The molecular formula is C9H14N4O2. The maximum Gasteiger partial charge on any atom is 0.320 e. The molecule has 0 aliphatic rings. The molecule has 82 valence electrons. The topological polar surface area (TPSA) is 101 Å². The fourth-order valence-corrected chi connectivity index (χ4v) is 1.13. The molecule has 0 fully saturated rings. The molecule has 1 heterocycles. The molecule has 1 aromatic rings. The summed E-state index contributed by atoms with van der Waals surface area (Å²) in [5.74, 6) is -0.528. The zero-order chi connectivity index (χ0) is 11.3. The molecule has 0 aromatic carbocycles. The Kier molecular flexibility index (Phi) is 3.99. The quantitative estimate of drug-likeness (QED) is 0.636. The lowest BCUT2D eigenvalue weighted by atomic mass is 10.1. The maximum absolute atomic E-state index is 10.5. The van der Waals surface area contributed by atoms with Gasteiger partial charge in [0.1, 0.15) is 6.04 Å². The first-order valence-corrected chi connectivity index (χ1v) is 4.61. The zero-order valence-corrected chi connectivity index (χ0v) is 8.42. The van der Waals surface area contributed by atoms with Crippen molar-refractivity contribution in [3.05, 3.63) is 18.5 Å². The van der Waals surface area contributed by atoms with E-state index in [-0.39, 0.29) is 6.04 Å². The Morgan fingerprint density at radius 1 is 1.60 bits per heavy atom. The highest BCUT2D eigenvalue weighted by atomic mass is 16.4. The molecule has 0 saturated heterocycles. The van der Waals surface area contributed by atoms with Crippen molar-refractivity contribution in [2.75, 3.05) is 5.32 Å². The number of nitrogens with zero attached hydrogens (tertiary/aromatic N) is 2. The molecule has 2 unspecified atom stereocenters. The second-order valence-electron chi connectivity index (χ2n) is 3.30. The number of anilines is 1. The first-order chi connectivity index (χ1) is 7.09. The highest BCUT2D eigenvalue weighted by Crippen LogP contribution is 2.03. The summed E-state index contributed by atoms with van der Waals surface area (Å²) >= 11 is 0. The van der Waals surface area contributed by atoms with E-state index in [2.05, 4.69) is 15.3 Å². The van der Waals surface area contributed by atoms with Crippen LogP contribution in [0.15, 0.2) is 18.5 Å². The van der Waals surface area contributed by atoms with Crippen LogP contribution in [-0.2, 0) is 4.79 Å². The van der Waals surface area contributed by atoms with Gasteiger partial charge in [-0.15, -0.1) is 0 Å². The molecule has 2 atom stereocenters. The number of carboxylic acids is 1. The van der Waals surface area contributed by atoms with Gasteiger partial charge in [-0.2, -0.15) is 0 Å². The number of hydrogen-bond acceptors (Lipinski definition) is 5. The van der Waals surface area contributed by atoms with Crippen molar-refractivity contribution in [1.82, 2.24) is 9.97 Å². The van der Waals surface area contributed by atoms with Gasteiger partial charge in [0.05, 0.1) is 0 Å². The smallest absolute Gasteiger partial charge is 0.320 e. The van der Waals surface area contributed by atoms with E-state index in [4.69, 9.17) is 10.8 Å². The second kappa shape index (κ2) is 5.26. The van der Waals surface area contributed by atoms with E-state index in [1.807, 2.05) is 6.92 Å². The molecule has 0 aliphatic heterocycles. The van der Waals surface area contributed by atoms with Crippen molar-refractivity contribution in [1.29, 1.82) is 0 Å². The lowest BCUT2D eigenvalue weighted by molar-refractivity contribution is -0.138. The molecule has 1 rings (SSSR count). The molecule has 0 spiro atoms. The van der Waals surface area contributed by atoms with Crippen LogP contribution in [0.25, 0.3) is 0 Å². The van der Waals surface area contributed by atoms with Gasteiger partial charge in [0.2, 0.25) is 5.95 Å². The van der Waals surface area contributed by atoms with Gasteiger partial charge in [-0.1, -0.05) is 0 Å². The number of carbonyl (C=O) groups is 1. The lowest BCUT2D eigenvalue weighted by Crippen LogP contribution is -2.35. The minimum absolute atomic E-state index is 0.0847. The molecule has 15 heavy (non-hydrogen) atoms. The van der Waals surface area contributed by atoms with Crippen molar-refractivity contribution in [2.45, 2.75) is 25.4 Å². The summed E-state index contributed by atoms with van der Waals surface area (Å²) in [6, 6.07) is 0.758. The highest BCUT2D eigenvalue weighted by molar-refractivity contribution is 5.73. The molecule has 0 aliphatic carbocycles. The molecular weight excluding hydrogens is 196 g/mol. The van der Waals surface area contributed by atoms with E-state index in [0.29, 0.717) is 12.4 Å². The predicted molar refractivity (Wildman–Crippen MR) is 55.3 cm³/mol. The van der Waals surface area contributed by atoms with Gasteiger partial charge in [0, 0.05) is 18.4 Å². The lowest BCUT2D eigenvalue weighted by Gasteiger charge is -2.15. The molecule has 0 saturated carbocycles. The van der Waals surface area contributed by atoms with Crippen molar-refractivity contribution in [3.63, 3.8) is 0 Å². The third-order valence-electron chi connectivity index (χ3n) is 1.87. The van der Waals surface area contributed by atoms with Crippen LogP contribution >= 0.6 is 0 Å². The van der Waals surface area contributed by atoms with Gasteiger partial charge in [0.15, 0.2) is 0 Å². The molecule has 0 bridgehead atoms. The van der Waals surface area contributed by atoms with Crippen molar-refractivity contribution < 1.29 is 9.90 Å². The average Bonchev–Trinajstić information content (AvgIpc) is 2.18. The molecule has 6 nitrogen and oxygen atoms in total. The monoisotopic (exact) mass is 210 g/mol. The van der Waals surface area contributed by atoms with Crippen LogP contribution in [0.1, 0.15) is 13.3 Å². The van der Waals surface area contributed by atoms with Gasteiger partial charge in [0.25, 0.3) is 0 Å². The van der Waals surface area contributed by atoms with Gasteiger partial charge in [-0.3, -0.25) is 4.79 Å². The summed E-state index contributed by atoms with van der Waals surface area (Å²) in [5, 5.41) is 11.6. The molecule has 1 aromatic heterocycles. The van der Waals surface area contributed by atoms with E-state index in [9.17, 15) is 4.79 Å². The Labute approximate surface area is 87.5 Å². The number of aliphatic carboxylic acids is 1. The molecule has 0 radical (unpaired) electrons. The number of nitrogens with two attached hydrogens (primary N) is 1. The van der Waals surface area contributed by atoms with Crippen LogP contribution in [0.4, 0.5) is 5.95 Å². The summed E-state index contributed by atoms with van der Waals surface area (Å²) in [4.78, 5) is 18.4. The molecule has 4 N–H and O–H groups in total. The minimum Gasteiger partial charge on any atom is -0.480 e. The van der Waals surface area contributed by atoms with Gasteiger partial charge in [-0.25, -0.2) is 9.97 Å². The fourth-order valence-electron chi connectivity index (χ4n) is 1.13. The van der Waals surface area contributed by atoms with Crippen LogP contribution < -0.4 is 11.1 Å². The maximum atomic E-state index is 10.5. The number of rotatable bonds is 5. The van der Waals surface area contributed by atoms with Crippen molar-refractivity contribution >= 4 is 11.9 Å². The van der Waals surface area contributed by atoms with E-state index in [1.165, 1.54) is 0 Å². The fraction of sp³-hybridized carbons (Fsp3) is 0.444. The van der Waals surface area contributed by atoms with E-state index in [1.54, 1.807) is 18.5 Å². The minimum atomic E-state index is -1.00. The van der Waals surface area contributed by atoms with E-state index in [0.717, 1.165) is 0 Å². The summed E-state index contributed by atoms with van der Waals surface area (Å²) < 4.78 is 0. The van der Waals surface area contributed by atoms with Gasteiger partial charge < -0.3 is 16.2 Å². The predicted octanol–water partition coefficient (Wildman–Crippen LogP) is 0.0790. The van der Waals surface area contributed by atoms with Crippen LogP contribution in [0.2, 0.25) is 0 Å². The third-order valence-corrected chi connectivity index (χ3v) is 1.87. The van der Waals surface area contributed by atoms with Crippen molar-refractivity contribution in [2.24, 2.45) is 5.73 Å². The highest BCUT2D eigenvalue weighted by Gasteiger charge is 2.15. The van der Waals surface area contributed by atoms with Crippen molar-refractivity contribution in [3.8, 4) is 0 Å². The second-order valence-corrected chi connectivity index (χ2v) is 3.30. The van der Waals surface area contributed by atoms with Gasteiger partial charge in [-0.05, 0) is 19.4 Å². The van der Waals surface area contributed by atoms with Crippen LogP contribution in [0, 0.1) is 0 Å². The number of nitrogens with one attached hydrogen (secondary N) is 1. The Balaban J connectivity index is 2.43. The summed E-state index contributed by atoms with van der Waals surface area (Å²) in [6.45, 7) is 1.83. The normalized spacial score (nSPS) is 14.3. The zero-order valence-electron chi connectivity index (χ0n) is 8.42. The SMILES string of the molecule is CC(CC(N)C(=O)O)Nc1ncccn1. The average molecular weight is 210 g/mol. The van der Waals surface area contributed by atoms with E-state index >= 15 is 0 Å². The Morgan fingerprint density at radius 3 is 2.73 bits per heavy atom. The third kappa shape index (κ3) is 3.90. The van der Waals surface area contributed by atoms with Crippen LogP contribution in [0.5, 0.6) is 0 Å². The standard InChI is InChI=1S/C9H14N4O2/c1-6(5-7(10)8(14)15)13-9-11-3-2-4-12-9/h2-4,6-7H,5,10H2,1H3,(H,14,15)(H,11,12,13). The number of hydrogen-bond donors (Lipinski definition) is 3. The Hall–Kier alpha value is -1.69. The Bertz CT molecular complexity index is 317. The summed E-state index contributed by atoms with van der Waals surface area (Å²) in [7, 11) is 0. The number of aromatic nitrogens is 2. The summed E-state index contributed by atoms with van der Waals surface area (Å²) in [5.41, 5.74) is 5.39. The molecule has 0 amide bonds. The largest absolute Gasteiger partial charge is 0.480 e. The molecule has 6 heteroatoms. The van der Waals surface area contributed by atoms with E-state index < -0.39 is 12.0 Å². The van der Waals surface area contributed by atoms with Crippen LogP contribution in [-0.4, -0.2) is 33.1 Å². The van der Waals surface area contributed by atoms with Gasteiger partial charge >= 0.3 is 5.97 Å². The first-order valence-electron chi connectivity index (χ1n) is 4.61. The first kappa shape index (κ1) is 11.4.